The summed E-state index contributed by atoms with van der Waals surface area (Å²) in [6.45, 7) is 3.63. The summed E-state index contributed by atoms with van der Waals surface area (Å²) < 4.78 is 6.36. The monoisotopic (exact) mass is 429 g/mol. The van der Waals surface area contributed by atoms with E-state index in [0.29, 0.717) is 27.8 Å². The van der Waals surface area contributed by atoms with Gasteiger partial charge in [0.15, 0.2) is 5.75 Å². The molecule has 0 saturated carbocycles. The Morgan fingerprint density at radius 1 is 1.21 bits per heavy atom. The van der Waals surface area contributed by atoms with Crippen molar-refractivity contribution in [3.05, 3.63) is 50.4 Å². The minimum absolute atomic E-state index is 0.0834. The van der Waals surface area contributed by atoms with Crippen molar-refractivity contribution >= 4 is 57.0 Å². The van der Waals surface area contributed by atoms with E-state index < -0.39 is 0 Å². The van der Waals surface area contributed by atoms with Gasteiger partial charge in [0.1, 0.15) is 12.0 Å². The van der Waals surface area contributed by atoms with Crippen LogP contribution in [0.2, 0.25) is 10.0 Å². The van der Waals surface area contributed by atoms with Crippen molar-refractivity contribution in [3.63, 3.8) is 0 Å². The molecule has 2 aromatic carbocycles. The highest BCUT2D eigenvalue weighted by molar-refractivity contribution is 9.10. The molecule has 0 aromatic heterocycles. The zero-order valence-corrected chi connectivity index (χ0v) is 16.0. The van der Waals surface area contributed by atoms with Gasteiger partial charge >= 0.3 is 0 Å². The Balaban J connectivity index is 2.24. The molecule has 0 atom stereocenters. The molecule has 0 bridgehead atoms. The highest BCUT2D eigenvalue weighted by atomic mass is 79.9. The summed E-state index contributed by atoms with van der Waals surface area (Å²) in [6, 6.07) is 8.03. The number of ether oxygens (including phenoxy) is 1. The molecule has 2 aromatic rings. The van der Waals surface area contributed by atoms with E-state index in [0.717, 1.165) is 0 Å². The van der Waals surface area contributed by atoms with Gasteiger partial charge in [0.05, 0.1) is 15.7 Å². The number of nitrogens with one attached hydrogen (secondary N) is 1. The van der Waals surface area contributed by atoms with Crippen LogP contribution >= 0.6 is 39.1 Å². The molecule has 0 aliphatic heterocycles. The third-order valence-corrected chi connectivity index (χ3v) is 4.32. The lowest BCUT2D eigenvalue weighted by Crippen LogP contribution is -2.17. The Morgan fingerprint density at radius 2 is 1.83 bits per heavy atom. The van der Waals surface area contributed by atoms with Gasteiger partial charge in [-0.2, -0.15) is 0 Å². The molecule has 0 heterocycles. The molecule has 0 aliphatic carbocycles. The zero-order chi connectivity index (χ0) is 17.9. The summed E-state index contributed by atoms with van der Waals surface area (Å²) in [4.78, 5) is 22.6. The van der Waals surface area contributed by atoms with Crippen LogP contribution in [0.1, 0.15) is 24.2 Å². The van der Waals surface area contributed by atoms with Gasteiger partial charge in [-0.25, -0.2) is 0 Å². The first-order chi connectivity index (χ1) is 11.3. The van der Waals surface area contributed by atoms with Crippen LogP contribution in [-0.4, -0.2) is 12.2 Å². The molecule has 0 fully saturated rings. The molecule has 0 aliphatic rings. The molecule has 126 valence electrons. The van der Waals surface area contributed by atoms with Gasteiger partial charge in [-0.15, -0.1) is 0 Å². The maximum Gasteiger partial charge on any atom is 0.226 e. The minimum atomic E-state index is -0.123. The van der Waals surface area contributed by atoms with E-state index in [-0.39, 0.29) is 27.6 Å². The number of halogens is 3. The number of hydrogen-bond donors (Lipinski definition) is 1. The van der Waals surface area contributed by atoms with Gasteiger partial charge in [0, 0.05) is 16.0 Å². The third-order valence-electron chi connectivity index (χ3n) is 3.10. The van der Waals surface area contributed by atoms with Crippen molar-refractivity contribution in [2.24, 2.45) is 5.92 Å². The number of aldehydes is 1. The molecule has 4 nitrogen and oxygen atoms in total. The fourth-order valence-electron chi connectivity index (χ4n) is 1.80. The summed E-state index contributed by atoms with van der Waals surface area (Å²) in [7, 11) is 0. The molecule has 0 radical (unpaired) electrons. The average molecular weight is 431 g/mol. The second-order valence-corrected chi connectivity index (χ2v) is 6.99. The van der Waals surface area contributed by atoms with Gasteiger partial charge in [-0.1, -0.05) is 37.0 Å². The van der Waals surface area contributed by atoms with Gasteiger partial charge in [-0.3, -0.25) is 9.59 Å². The molecule has 1 N–H and O–H groups in total. The van der Waals surface area contributed by atoms with Crippen molar-refractivity contribution in [2.45, 2.75) is 13.8 Å². The maximum absolute atomic E-state index is 11.8. The van der Waals surface area contributed by atoms with E-state index in [9.17, 15) is 9.59 Å². The number of amides is 1. The Labute approximate surface area is 158 Å². The van der Waals surface area contributed by atoms with Crippen LogP contribution in [0.5, 0.6) is 11.5 Å². The summed E-state index contributed by atoms with van der Waals surface area (Å²) >= 11 is 15.6. The lowest BCUT2D eigenvalue weighted by molar-refractivity contribution is -0.118. The van der Waals surface area contributed by atoms with E-state index in [1.165, 1.54) is 12.1 Å². The van der Waals surface area contributed by atoms with Crippen molar-refractivity contribution < 1.29 is 14.3 Å². The standard InChI is InChI=1S/C17H14BrCl2NO3/c1-9(2)17(23)21-15-4-3-11(7-12(15)18)24-16-13(19)5-10(8-22)6-14(16)20/h3-9H,1-2H3,(H,21,23). The summed E-state index contributed by atoms with van der Waals surface area (Å²) in [6.07, 6.45) is 0.657. The Kier molecular flexibility index (Phi) is 6.27. The number of benzene rings is 2. The van der Waals surface area contributed by atoms with Crippen LogP contribution in [0.25, 0.3) is 0 Å². The minimum Gasteiger partial charge on any atom is -0.454 e. The Morgan fingerprint density at radius 3 is 2.33 bits per heavy atom. The normalized spacial score (nSPS) is 10.6. The topological polar surface area (TPSA) is 55.4 Å². The van der Waals surface area contributed by atoms with Crippen molar-refractivity contribution in [3.8, 4) is 11.5 Å². The molecular weight excluding hydrogens is 417 g/mol. The van der Waals surface area contributed by atoms with Gasteiger partial charge in [0.2, 0.25) is 5.91 Å². The van der Waals surface area contributed by atoms with Gasteiger partial charge in [-0.05, 0) is 46.3 Å². The summed E-state index contributed by atoms with van der Waals surface area (Å²) in [5.41, 5.74) is 1.000. The first kappa shape index (κ1) is 18.8. The molecule has 0 unspecified atom stereocenters. The predicted molar refractivity (Wildman–Crippen MR) is 99.5 cm³/mol. The Hall–Kier alpha value is -1.56. The largest absolute Gasteiger partial charge is 0.454 e. The number of carbonyl (C=O) groups excluding carboxylic acids is 2. The first-order valence-corrected chi connectivity index (χ1v) is 8.59. The highest BCUT2D eigenvalue weighted by Crippen LogP contribution is 2.38. The van der Waals surface area contributed by atoms with Crippen molar-refractivity contribution in [1.29, 1.82) is 0 Å². The average Bonchev–Trinajstić information content (AvgIpc) is 2.52. The van der Waals surface area contributed by atoms with Crippen LogP contribution in [0, 0.1) is 5.92 Å². The molecule has 7 heteroatoms. The summed E-state index contributed by atoms with van der Waals surface area (Å²) in [5, 5.41) is 3.27. The fourth-order valence-corrected chi connectivity index (χ4v) is 2.84. The van der Waals surface area contributed by atoms with Crippen LogP contribution in [0.3, 0.4) is 0 Å². The number of carbonyl (C=O) groups is 2. The number of hydrogen-bond acceptors (Lipinski definition) is 3. The lowest BCUT2D eigenvalue weighted by atomic mass is 10.2. The maximum atomic E-state index is 11.8. The van der Waals surface area contributed by atoms with E-state index in [1.54, 1.807) is 18.2 Å². The van der Waals surface area contributed by atoms with Crippen LogP contribution in [0.4, 0.5) is 5.69 Å². The fraction of sp³-hybridized carbons (Fsp3) is 0.176. The molecule has 0 saturated heterocycles. The predicted octanol–water partition coefficient (Wildman–Crippen LogP) is 5.96. The number of rotatable bonds is 5. The van der Waals surface area contributed by atoms with Crippen LogP contribution < -0.4 is 10.1 Å². The molecule has 0 spiro atoms. The highest BCUT2D eigenvalue weighted by Gasteiger charge is 2.13. The van der Waals surface area contributed by atoms with Gasteiger partial charge < -0.3 is 10.1 Å². The van der Waals surface area contributed by atoms with Crippen LogP contribution in [-0.2, 0) is 4.79 Å². The lowest BCUT2D eigenvalue weighted by Gasteiger charge is -2.13. The van der Waals surface area contributed by atoms with E-state index in [4.69, 9.17) is 27.9 Å². The van der Waals surface area contributed by atoms with Crippen molar-refractivity contribution in [2.75, 3.05) is 5.32 Å². The third kappa shape index (κ3) is 4.50. The first-order valence-electron chi connectivity index (χ1n) is 7.04. The Bertz CT molecular complexity index is 770. The zero-order valence-electron chi connectivity index (χ0n) is 12.9. The van der Waals surface area contributed by atoms with E-state index >= 15 is 0 Å². The van der Waals surface area contributed by atoms with E-state index in [1.807, 2.05) is 13.8 Å². The van der Waals surface area contributed by atoms with Crippen LogP contribution in [0.15, 0.2) is 34.8 Å². The smallest absolute Gasteiger partial charge is 0.226 e. The van der Waals surface area contributed by atoms with Crippen molar-refractivity contribution in [1.82, 2.24) is 0 Å². The molecular formula is C17H14BrCl2NO3. The van der Waals surface area contributed by atoms with Gasteiger partial charge in [0.25, 0.3) is 0 Å². The van der Waals surface area contributed by atoms with E-state index in [2.05, 4.69) is 21.2 Å². The molecule has 2 rings (SSSR count). The molecule has 1 amide bonds. The number of anilines is 1. The quantitative estimate of drug-likeness (QED) is 0.595. The summed E-state index contributed by atoms with van der Waals surface area (Å²) in [5.74, 6) is 0.531. The molecule has 24 heavy (non-hydrogen) atoms. The second kappa shape index (κ2) is 8.01. The SMILES string of the molecule is CC(C)C(=O)Nc1ccc(Oc2c(Cl)cc(C=O)cc2Cl)cc1Br. The second-order valence-electron chi connectivity index (χ2n) is 5.32.